The molecule has 1 saturated heterocycles. The van der Waals surface area contributed by atoms with Crippen LogP contribution in [0.2, 0.25) is 0 Å². The highest BCUT2D eigenvalue weighted by Crippen LogP contribution is 2.26. The van der Waals surface area contributed by atoms with Crippen LogP contribution in [-0.4, -0.2) is 31.7 Å². The zero-order valence-corrected chi connectivity index (χ0v) is 20.6. The van der Waals surface area contributed by atoms with Crippen molar-refractivity contribution in [1.82, 2.24) is 10.2 Å². The molecule has 1 aliphatic heterocycles. The molecule has 0 amide bonds. The number of hydrogen-bond acceptors (Lipinski definition) is 5. The molecule has 0 unspecified atom stereocenters. The summed E-state index contributed by atoms with van der Waals surface area (Å²) in [5.41, 5.74) is 3.22. The van der Waals surface area contributed by atoms with E-state index in [2.05, 4.69) is 47.5 Å². The van der Waals surface area contributed by atoms with Crippen molar-refractivity contribution < 1.29 is 8.42 Å². The highest BCUT2D eigenvalue weighted by atomic mass is 32.2. The van der Waals surface area contributed by atoms with Gasteiger partial charge in [-0.05, 0) is 66.1 Å². The number of nitrogens with zero attached hydrogens (tertiary/aromatic N) is 3. The second-order valence-electron chi connectivity index (χ2n) is 9.90. The van der Waals surface area contributed by atoms with Gasteiger partial charge in [0.15, 0.2) is 5.82 Å². The fourth-order valence-corrected chi connectivity index (χ4v) is 5.00. The Morgan fingerprint density at radius 1 is 0.879 bits per heavy atom. The quantitative estimate of drug-likeness (QED) is 0.541. The highest BCUT2D eigenvalue weighted by Gasteiger charge is 2.19. The molecule has 3 aromatic rings. The molecular formula is C26H32N4O2S. The lowest BCUT2D eigenvalue weighted by atomic mass is 9.87. The van der Waals surface area contributed by atoms with Crippen molar-refractivity contribution in [1.29, 1.82) is 0 Å². The first-order chi connectivity index (χ1) is 15.6. The van der Waals surface area contributed by atoms with Crippen LogP contribution >= 0.6 is 0 Å². The molecule has 7 heteroatoms. The first-order valence-corrected chi connectivity index (χ1v) is 12.9. The molecule has 0 spiro atoms. The van der Waals surface area contributed by atoms with E-state index in [1.54, 1.807) is 24.3 Å². The van der Waals surface area contributed by atoms with Crippen molar-refractivity contribution in [3.63, 3.8) is 0 Å². The fourth-order valence-electron chi connectivity index (χ4n) is 3.94. The summed E-state index contributed by atoms with van der Waals surface area (Å²) >= 11 is 0. The second-order valence-corrected chi connectivity index (χ2v) is 11.6. The van der Waals surface area contributed by atoms with E-state index in [4.69, 9.17) is 0 Å². The molecule has 0 atom stereocenters. The molecule has 0 saturated carbocycles. The minimum atomic E-state index is -3.66. The summed E-state index contributed by atoms with van der Waals surface area (Å²) in [6.07, 6.45) is 2.36. The Balaban J connectivity index is 1.43. The van der Waals surface area contributed by atoms with Crippen LogP contribution in [0.15, 0.2) is 65.6 Å². The average molecular weight is 465 g/mol. The summed E-state index contributed by atoms with van der Waals surface area (Å²) in [5.74, 6) is 1.68. The predicted molar refractivity (Wildman–Crippen MR) is 134 cm³/mol. The summed E-state index contributed by atoms with van der Waals surface area (Å²) in [7, 11) is -3.66. The Kier molecular flexibility index (Phi) is 6.43. The van der Waals surface area contributed by atoms with E-state index in [0.717, 1.165) is 41.6 Å². The third kappa shape index (κ3) is 5.53. The van der Waals surface area contributed by atoms with E-state index in [0.29, 0.717) is 5.69 Å². The van der Waals surface area contributed by atoms with Crippen molar-refractivity contribution in [3.8, 4) is 11.3 Å². The average Bonchev–Trinajstić information content (AvgIpc) is 2.80. The molecule has 2 aromatic carbocycles. The number of sulfonamides is 1. The Labute approximate surface area is 197 Å². The third-order valence-corrected chi connectivity index (χ3v) is 7.62. The largest absolute Gasteiger partial charge is 0.355 e. The Morgan fingerprint density at radius 3 is 2.06 bits per heavy atom. The molecule has 33 heavy (non-hydrogen) atoms. The van der Waals surface area contributed by atoms with E-state index >= 15 is 0 Å². The molecule has 2 heterocycles. The van der Waals surface area contributed by atoms with E-state index in [-0.39, 0.29) is 10.3 Å². The SMILES string of the molecule is CC1CCN(c2ccc(-c3ccc(NS(=O)(=O)c4ccc(C(C)(C)C)cc4)cc3)nn2)CC1. The number of piperidine rings is 1. The Bertz CT molecular complexity index is 1180. The standard InChI is InChI=1S/C26H32N4O2S/c1-19-15-17-30(18-16-19)25-14-13-24(27-28-25)20-5-9-22(10-6-20)29-33(31,32)23-11-7-21(8-12-23)26(2,3)4/h5-14,19,29H,15-18H2,1-4H3. The van der Waals surface area contributed by atoms with Crippen LogP contribution in [0.5, 0.6) is 0 Å². The van der Waals surface area contributed by atoms with Gasteiger partial charge in [-0.25, -0.2) is 8.42 Å². The van der Waals surface area contributed by atoms with Gasteiger partial charge >= 0.3 is 0 Å². The van der Waals surface area contributed by atoms with Gasteiger partial charge < -0.3 is 4.90 Å². The second kappa shape index (κ2) is 9.14. The summed E-state index contributed by atoms with van der Waals surface area (Å²) < 4.78 is 28.2. The van der Waals surface area contributed by atoms with E-state index in [1.165, 1.54) is 12.8 Å². The van der Waals surface area contributed by atoms with Crippen molar-refractivity contribution >= 4 is 21.5 Å². The molecule has 1 aromatic heterocycles. The normalized spacial score (nSPS) is 15.5. The molecule has 174 valence electrons. The van der Waals surface area contributed by atoms with E-state index in [1.807, 2.05) is 36.4 Å². The van der Waals surface area contributed by atoms with Gasteiger partial charge in [0.05, 0.1) is 10.6 Å². The van der Waals surface area contributed by atoms with Gasteiger partial charge in [-0.2, -0.15) is 0 Å². The molecular weight excluding hydrogens is 432 g/mol. The lowest BCUT2D eigenvalue weighted by molar-refractivity contribution is 0.436. The monoisotopic (exact) mass is 464 g/mol. The fraction of sp³-hybridized carbons (Fsp3) is 0.385. The maximum absolute atomic E-state index is 12.8. The number of rotatable bonds is 5. The third-order valence-electron chi connectivity index (χ3n) is 6.22. The van der Waals surface area contributed by atoms with Gasteiger partial charge in [0, 0.05) is 24.3 Å². The molecule has 4 rings (SSSR count). The van der Waals surface area contributed by atoms with Crippen molar-refractivity contribution in [2.24, 2.45) is 5.92 Å². The van der Waals surface area contributed by atoms with Crippen LogP contribution < -0.4 is 9.62 Å². The van der Waals surface area contributed by atoms with Gasteiger partial charge in [0.2, 0.25) is 0 Å². The number of aromatic nitrogens is 2. The van der Waals surface area contributed by atoms with Gasteiger partial charge in [-0.15, -0.1) is 10.2 Å². The van der Waals surface area contributed by atoms with Crippen LogP contribution in [0, 0.1) is 5.92 Å². The van der Waals surface area contributed by atoms with Crippen molar-refractivity contribution in [2.45, 2.75) is 50.8 Å². The molecule has 1 aliphatic rings. The summed E-state index contributed by atoms with van der Waals surface area (Å²) in [5, 5.41) is 8.81. The molecule has 6 nitrogen and oxygen atoms in total. The summed E-state index contributed by atoms with van der Waals surface area (Å²) in [4.78, 5) is 2.52. The van der Waals surface area contributed by atoms with Crippen LogP contribution in [-0.2, 0) is 15.4 Å². The van der Waals surface area contributed by atoms with Gasteiger partial charge in [-0.1, -0.05) is 52.0 Å². The zero-order chi connectivity index (χ0) is 23.6. The Morgan fingerprint density at radius 2 is 1.52 bits per heavy atom. The Hall–Kier alpha value is -2.93. The van der Waals surface area contributed by atoms with E-state index < -0.39 is 10.0 Å². The van der Waals surface area contributed by atoms with Gasteiger partial charge in [0.1, 0.15) is 0 Å². The van der Waals surface area contributed by atoms with Crippen LogP contribution in [0.1, 0.15) is 46.1 Å². The van der Waals surface area contributed by atoms with Gasteiger partial charge in [0.25, 0.3) is 10.0 Å². The minimum absolute atomic E-state index is 0.0288. The molecule has 0 radical (unpaired) electrons. The molecule has 0 aliphatic carbocycles. The van der Waals surface area contributed by atoms with Gasteiger partial charge in [-0.3, -0.25) is 4.72 Å². The summed E-state index contributed by atoms with van der Waals surface area (Å²) in [6.45, 7) is 10.6. The maximum atomic E-state index is 12.8. The van der Waals surface area contributed by atoms with Crippen LogP contribution in [0.4, 0.5) is 11.5 Å². The van der Waals surface area contributed by atoms with E-state index in [9.17, 15) is 8.42 Å². The maximum Gasteiger partial charge on any atom is 0.261 e. The van der Waals surface area contributed by atoms with Crippen LogP contribution in [0.3, 0.4) is 0 Å². The van der Waals surface area contributed by atoms with Crippen molar-refractivity contribution in [3.05, 3.63) is 66.2 Å². The van der Waals surface area contributed by atoms with Crippen LogP contribution in [0.25, 0.3) is 11.3 Å². The van der Waals surface area contributed by atoms with Crippen molar-refractivity contribution in [2.75, 3.05) is 22.7 Å². The highest BCUT2D eigenvalue weighted by molar-refractivity contribution is 7.92. The predicted octanol–water partition coefficient (Wildman–Crippen LogP) is 5.48. The topological polar surface area (TPSA) is 75.2 Å². The first-order valence-electron chi connectivity index (χ1n) is 11.4. The smallest absolute Gasteiger partial charge is 0.261 e. The minimum Gasteiger partial charge on any atom is -0.355 e. The zero-order valence-electron chi connectivity index (χ0n) is 19.7. The first kappa shape index (κ1) is 23.2. The molecule has 1 fully saturated rings. The number of anilines is 2. The molecule has 1 N–H and O–H groups in total. The number of hydrogen-bond donors (Lipinski definition) is 1. The summed E-state index contributed by atoms with van der Waals surface area (Å²) in [6, 6.07) is 18.2. The lowest BCUT2D eigenvalue weighted by Crippen LogP contribution is -2.33. The molecule has 0 bridgehead atoms. The number of nitrogens with one attached hydrogen (secondary N) is 1. The number of benzene rings is 2. The lowest BCUT2D eigenvalue weighted by Gasteiger charge is -2.30.